The first-order valence-corrected chi connectivity index (χ1v) is 8.50. The molecule has 5 nitrogen and oxygen atoms in total. The Kier molecular flexibility index (Phi) is 5.07. The average Bonchev–Trinajstić information content (AvgIpc) is 3.22. The first-order chi connectivity index (χ1) is 13.8. The summed E-state index contributed by atoms with van der Waals surface area (Å²) in [5.74, 6) is 5.94. The van der Waals surface area contributed by atoms with E-state index in [9.17, 15) is 4.39 Å². The normalized spacial score (nSPS) is 10.2. The topological polar surface area (TPSA) is 61.0 Å². The van der Waals surface area contributed by atoms with Gasteiger partial charge in [-0.05, 0) is 41.8 Å². The number of hydrogen-bond acceptors (Lipinski definition) is 5. The number of aromatic nitrogens is 3. The Hall–Kier alpha value is -3.98. The van der Waals surface area contributed by atoms with Gasteiger partial charge in [0.05, 0.1) is 5.56 Å². The molecule has 0 saturated heterocycles. The van der Waals surface area contributed by atoms with Crippen LogP contribution in [0.2, 0.25) is 0 Å². The van der Waals surface area contributed by atoms with Crippen LogP contribution in [0.5, 0.6) is 5.75 Å². The summed E-state index contributed by atoms with van der Waals surface area (Å²) < 4.78 is 25.2. The maximum atomic E-state index is 13.8. The highest BCUT2D eigenvalue weighted by Gasteiger charge is 2.15. The Bertz CT molecular complexity index is 1130. The van der Waals surface area contributed by atoms with E-state index in [-0.39, 0.29) is 11.8 Å². The van der Waals surface area contributed by atoms with E-state index in [2.05, 4.69) is 27.0 Å². The maximum absolute atomic E-state index is 13.8. The van der Waals surface area contributed by atoms with E-state index in [0.29, 0.717) is 17.9 Å². The minimum absolute atomic E-state index is 0.122. The predicted octanol–water partition coefficient (Wildman–Crippen LogP) is 4.25. The monoisotopic (exact) mass is 371 g/mol. The summed E-state index contributed by atoms with van der Waals surface area (Å²) in [4.78, 5) is 3.99. The van der Waals surface area contributed by atoms with Crippen LogP contribution in [0.3, 0.4) is 0 Å². The van der Waals surface area contributed by atoms with Gasteiger partial charge in [-0.1, -0.05) is 41.4 Å². The van der Waals surface area contributed by atoms with E-state index in [1.165, 1.54) is 12.1 Å². The van der Waals surface area contributed by atoms with Gasteiger partial charge in [0.1, 0.15) is 18.2 Å². The number of pyridine rings is 1. The molecule has 0 aliphatic heterocycles. The van der Waals surface area contributed by atoms with Crippen LogP contribution in [0, 0.1) is 17.7 Å². The summed E-state index contributed by atoms with van der Waals surface area (Å²) in [5.41, 5.74) is 2.09. The minimum Gasteiger partial charge on any atom is -0.488 e. The van der Waals surface area contributed by atoms with Crippen molar-refractivity contribution in [2.45, 2.75) is 6.61 Å². The summed E-state index contributed by atoms with van der Waals surface area (Å²) in [7, 11) is 0. The van der Waals surface area contributed by atoms with Gasteiger partial charge >= 0.3 is 0 Å². The van der Waals surface area contributed by atoms with E-state index in [4.69, 9.17) is 9.15 Å². The molecule has 0 saturated carbocycles. The van der Waals surface area contributed by atoms with Crippen molar-refractivity contribution in [1.82, 2.24) is 15.2 Å². The summed E-state index contributed by atoms with van der Waals surface area (Å²) in [5, 5.41) is 7.88. The third-order valence-electron chi connectivity index (χ3n) is 3.81. The van der Waals surface area contributed by atoms with Gasteiger partial charge in [-0.3, -0.25) is 4.98 Å². The van der Waals surface area contributed by atoms with E-state index in [0.717, 1.165) is 11.1 Å². The zero-order valence-electron chi connectivity index (χ0n) is 14.7. The molecule has 0 fully saturated rings. The molecule has 0 spiro atoms. The molecule has 0 radical (unpaired) electrons. The second-order valence-electron chi connectivity index (χ2n) is 5.82. The number of nitrogens with zero attached hydrogens (tertiary/aromatic N) is 3. The Labute approximate surface area is 160 Å². The van der Waals surface area contributed by atoms with Crippen LogP contribution >= 0.6 is 0 Å². The van der Waals surface area contributed by atoms with Gasteiger partial charge in [-0.2, -0.15) is 0 Å². The molecular formula is C22H14FN3O2. The van der Waals surface area contributed by atoms with Gasteiger partial charge in [-0.25, -0.2) is 4.39 Å². The number of rotatable bonds is 4. The van der Waals surface area contributed by atoms with E-state index in [1.807, 2.05) is 36.4 Å². The lowest BCUT2D eigenvalue weighted by molar-refractivity contribution is 0.306. The number of halogens is 1. The van der Waals surface area contributed by atoms with Crippen LogP contribution < -0.4 is 4.74 Å². The standard InChI is InChI=1S/C22H14FN3O2/c23-18-9-10-20(27-15-17-5-2-1-3-6-17)19(13-18)22-26-25-21(28-22)11-8-16-7-4-12-24-14-16/h1-7,9-10,12-14H,15H2. The van der Waals surface area contributed by atoms with Gasteiger partial charge in [0, 0.05) is 18.0 Å². The molecule has 4 rings (SSSR count). The van der Waals surface area contributed by atoms with E-state index in [1.54, 1.807) is 24.5 Å². The lowest BCUT2D eigenvalue weighted by Gasteiger charge is -2.09. The van der Waals surface area contributed by atoms with Crippen molar-refractivity contribution in [1.29, 1.82) is 0 Å². The van der Waals surface area contributed by atoms with Crippen molar-refractivity contribution in [2.75, 3.05) is 0 Å². The first-order valence-electron chi connectivity index (χ1n) is 8.50. The third kappa shape index (κ3) is 4.22. The summed E-state index contributed by atoms with van der Waals surface area (Å²) in [6.45, 7) is 0.335. The van der Waals surface area contributed by atoms with E-state index >= 15 is 0 Å². The largest absolute Gasteiger partial charge is 0.488 e. The van der Waals surface area contributed by atoms with Gasteiger partial charge in [-0.15, -0.1) is 5.10 Å². The Balaban J connectivity index is 1.58. The highest BCUT2D eigenvalue weighted by Crippen LogP contribution is 2.30. The van der Waals surface area contributed by atoms with Crippen LogP contribution in [0.4, 0.5) is 4.39 Å². The quantitative estimate of drug-likeness (QED) is 0.502. The second kappa shape index (κ2) is 8.14. The van der Waals surface area contributed by atoms with Crippen molar-refractivity contribution in [2.24, 2.45) is 0 Å². The van der Waals surface area contributed by atoms with Gasteiger partial charge < -0.3 is 9.15 Å². The highest BCUT2D eigenvalue weighted by atomic mass is 19.1. The van der Waals surface area contributed by atoms with Crippen molar-refractivity contribution >= 4 is 0 Å². The molecule has 28 heavy (non-hydrogen) atoms. The van der Waals surface area contributed by atoms with Crippen molar-refractivity contribution in [3.8, 4) is 29.0 Å². The Morgan fingerprint density at radius 3 is 2.68 bits per heavy atom. The van der Waals surface area contributed by atoms with Gasteiger partial charge in [0.15, 0.2) is 0 Å². The fourth-order valence-corrected chi connectivity index (χ4v) is 2.48. The Morgan fingerprint density at radius 2 is 1.86 bits per heavy atom. The zero-order valence-corrected chi connectivity index (χ0v) is 14.7. The molecule has 0 aliphatic rings. The molecule has 6 heteroatoms. The zero-order chi connectivity index (χ0) is 19.2. The lowest BCUT2D eigenvalue weighted by Crippen LogP contribution is -1.97. The van der Waals surface area contributed by atoms with Crippen LogP contribution in [0.1, 0.15) is 17.0 Å². The fraction of sp³-hybridized carbons (Fsp3) is 0.0455. The molecule has 4 aromatic rings. The summed E-state index contributed by atoms with van der Waals surface area (Å²) in [6, 6.07) is 17.4. The molecule has 0 N–H and O–H groups in total. The van der Waals surface area contributed by atoms with Crippen LogP contribution in [0.25, 0.3) is 11.5 Å². The number of benzene rings is 2. The molecule has 0 unspecified atom stereocenters. The summed E-state index contributed by atoms with van der Waals surface area (Å²) >= 11 is 0. The number of hydrogen-bond donors (Lipinski definition) is 0. The number of ether oxygens (including phenoxy) is 1. The lowest BCUT2D eigenvalue weighted by atomic mass is 10.2. The fourth-order valence-electron chi connectivity index (χ4n) is 2.48. The predicted molar refractivity (Wildman–Crippen MR) is 101 cm³/mol. The average molecular weight is 371 g/mol. The molecule has 136 valence electrons. The molecule has 0 bridgehead atoms. The van der Waals surface area contributed by atoms with Crippen molar-refractivity contribution in [3.63, 3.8) is 0 Å². The molecule has 2 aromatic carbocycles. The highest BCUT2D eigenvalue weighted by molar-refractivity contribution is 5.62. The molecule has 0 amide bonds. The molecule has 0 atom stereocenters. The third-order valence-corrected chi connectivity index (χ3v) is 3.81. The van der Waals surface area contributed by atoms with Crippen molar-refractivity contribution < 1.29 is 13.5 Å². The second-order valence-corrected chi connectivity index (χ2v) is 5.82. The summed E-state index contributed by atoms with van der Waals surface area (Å²) in [6.07, 6.45) is 3.29. The van der Waals surface area contributed by atoms with Gasteiger partial charge in [0.25, 0.3) is 11.8 Å². The smallest absolute Gasteiger partial charge is 0.294 e. The SMILES string of the molecule is Fc1ccc(OCc2ccccc2)c(-c2nnc(C#Cc3cccnc3)o2)c1. The van der Waals surface area contributed by atoms with Crippen LogP contribution in [0.15, 0.2) is 77.5 Å². The maximum Gasteiger partial charge on any atom is 0.294 e. The molecule has 0 aliphatic carbocycles. The van der Waals surface area contributed by atoms with Gasteiger partial charge in [0.2, 0.25) is 0 Å². The Morgan fingerprint density at radius 1 is 0.964 bits per heavy atom. The molecule has 2 heterocycles. The van der Waals surface area contributed by atoms with Crippen LogP contribution in [-0.4, -0.2) is 15.2 Å². The molecule has 2 aromatic heterocycles. The minimum atomic E-state index is -0.428. The van der Waals surface area contributed by atoms with Crippen LogP contribution in [-0.2, 0) is 6.61 Å². The molecular weight excluding hydrogens is 357 g/mol. The van der Waals surface area contributed by atoms with Crippen molar-refractivity contribution in [3.05, 3.63) is 95.9 Å². The first kappa shape index (κ1) is 17.4. The van der Waals surface area contributed by atoms with E-state index < -0.39 is 5.82 Å².